The van der Waals surface area contributed by atoms with Crippen LogP contribution >= 0.6 is 0 Å². The van der Waals surface area contributed by atoms with Crippen molar-refractivity contribution in [2.24, 2.45) is 17.6 Å². The maximum atomic E-state index is 14.2. The van der Waals surface area contributed by atoms with E-state index < -0.39 is 5.82 Å². The van der Waals surface area contributed by atoms with E-state index in [-0.39, 0.29) is 24.4 Å². The van der Waals surface area contributed by atoms with E-state index in [0.29, 0.717) is 35.3 Å². The zero-order valence-corrected chi connectivity index (χ0v) is 15.6. The Hall–Kier alpha value is -2.47. The molecule has 2 aromatic carbocycles. The van der Waals surface area contributed by atoms with Gasteiger partial charge in [0, 0.05) is 30.3 Å². The lowest BCUT2D eigenvalue weighted by molar-refractivity contribution is 0.0783. The van der Waals surface area contributed by atoms with Crippen LogP contribution in [0.1, 0.15) is 35.2 Å². The summed E-state index contributed by atoms with van der Waals surface area (Å²) in [5.41, 5.74) is 6.99. The lowest BCUT2D eigenvalue weighted by atomic mass is 9.78. The van der Waals surface area contributed by atoms with Crippen molar-refractivity contribution in [3.05, 3.63) is 65.2 Å². The second-order valence-electron chi connectivity index (χ2n) is 7.78. The van der Waals surface area contributed by atoms with E-state index in [1.807, 2.05) is 4.90 Å². The quantitative estimate of drug-likeness (QED) is 0.871. The highest BCUT2D eigenvalue weighted by molar-refractivity contribution is 5.94. The third-order valence-corrected chi connectivity index (χ3v) is 5.94. The van der Waals surface area contributed by atoms with Crippen molar-refractivity contribution in [2.75, 3.05) is 13.1 Å². The first-order valence-corrected chi connectivity index (χ1v) is 9.73. The molecule has 3 unspecified atom stereocenters. The van der Waals surface area contributed by atoms with Gasteiger partial charge in [0.1, 0.15) is 24.0 Å². The van der Waals surface area contributed by atoms with Gasteiger partial charge in [0.2, 0.25) is 0 Å². The molecule has 4 nitrogen and oxygen atoms in total. The number of nitrogens with two attached hydrogens (primary N) is 1. The molecule has 148 valence electrons. The predicted octanol–water partition coefficient (Wildman–Crippen LogP) is 3.74. The van der Waals surface area contributed by atoms with Gasteiger partial charge in [-0.25, -0.2) is 8.78 Å². The topological polar surface area (TPSA) is 55.6 Å². The van der Waals surface area contributed by atoms with Crippen LogP contribution in [0.2, 0.25) is 0 Å². The molecule has 1 saturated heterocycles. The monoisotopic (exact) mass is 386 g/mol. The smallest absolute Gasteiger partial charge is 0.253 e. The molecule has 0 spiro atoms. The van der Waals surface area contributed by atoms with Crippen molar-refractivity contribution in [2.45, 2.75) is 31.9 Å². The van der Waals surface area contributed by atoms with Crippen LogP contribution in [0, 0.1) is 23.5 Å². The Labute approximate surface area is 163 Å². The minimum atomic E-state index is -0.434. The van der Waals surface area contributed by atoms with Gasteiger partial charge >= 0.3 is 0 Å². The molecular weight excluding hydrogens is 362 g/mol. The number of fused-ring (bicyclic) bond motifs is 1. The number of ether oxygens (including phenoxy) is 1. The lowest BCUT2D eigenvalue weighted by Gasteiger charge is -2.29. The molecule has 2 fully saturated rings. The van der Waals surface area contributed by atoms with Crippen molar-refractivity contribution in [1.29, 1.82) is 0 Å². The van der Waals surface area contributed by atoms with Crippen molar-refractivity contribution in [1.82, 2.24) is 4.90 Å². The molecule has 3 atom stereocenters. The molecule has 0 bridgehead atoms. The Morgan fingerprint density at radius 2 is 1.89 bits per heavy atom. The summed E-state index contributed by atoms with van der Waals surface area (Å²) in [6.07, 6.45) is 3.25. The van der Waals surface area contributed by atoms with Crippen molar-refractivity contribution in [3.8, 4) is 5.75 Å². The standard InChI is InChI=1S/C22H24F2N2O2/c23-17-5-7-18(8-6-17)28-13-16-10-14(4-9-20(16)24)22(27)26-11-15-2-1-3-21(25)19(15)12-26/h4-10,15,19,21H,1-3,11-13,25H2. The average molecular weight is 386 g/mol. The average Bonchev–Trinajstić information content (AvgIpc) is 3.14. The van der Waals surface area contributed by atoms with Crippen molar-refractivity contribution < 1.29 is 18.3 Å². The molecule has 4 rings (SSSR count). The third kappa shape index (κ3) is 3.87. The number of carbonyl (C=O) groups is 1. The van der Waals surface area contributed by atoms with E-state index in [9.17, 15) is 13.6 Å². The maximum absolute atomic E-state index is 14.2. The van der Waals surface area contributed by atoms with Gasteiger partial charge in [-0.3, -0.25) is 4.79 Å². The molecule has 2 N–H and O–H groups in total. The summed E-state index contributed by atoms with van der Waals surface area (Å²) in [4.78, 5) is 14.8. The van der Waals surface area contributed by atoms with Crippen molar-refractivity contribution in [3.63, 3.8) is 0 Å². The zero-order chi connectivity index (χ0) is 19.7. The number of rotatable bonds is 4. The molecule has 1 saturated carbocycles. The van der Waals surface area contributed by atoms with Crippen LogP contribution in [0.25, 0.3) is 0 Å². The molecule has 28 heavy (non-hydrogen) atoms. The fourth-order valence-corrected chi connectivity index (χ4v) is 4.38. The van der Waals surface area contributed by atoms with Gasteiger partial charge in [-0.15, -0.1) is 0 Å². The van der Waals surface area contributed by atoms with Crippen LogP contribution in [-0.4, -0.2) is 29.9 Å². The van der Waals surface area contributed by atoms with E-state index in [4.69, 9.17) is 10.5 Å². The van der Waals surface area contributed by atoms with Gasteiger partial charge in [-0.05, 0) is 67.1 Å². The minimum Gasteiger partial charge on any atom is -0.489 e. The molecule has 1 aliphatic carbocycles. The van der Waals surface area contributed by atoms with Gasteiger partial charge in [0.05, 0.1) is 0 Å². The highest BCUT2D eigenvalue weighted by Crippen LogP contribution is 2.36. The summed E-state index contributed by atoms with van der Waals surface area (Å²) in [6.45, 7) is 1.36. The Morgan fingerprint density at radius 1 is 1.11 bits per heavy atom. The molecule has 0 radical (unpaired) electrons. The normalized spacial score (nSPS) is 24.1. The number of hydrogen-bond acceptors (Lipinski definition) is 3. The second kappa shape index (κ2) is 7.87. The highest BCUT2D eigenvalue weighted by atomic mass is 19.1. The highest BCUT2D eigenvalue weighted by Gasteiger charge is 2.40. The number of halogens is 2. The minimum absolute atomic E-state index is 0.0330. The molecule has 0 aromatic heterocycles. The van der Waals surface area contributed by atoms with E-state index >= 15 is 0 Å². The molecule has 1 aliphatic heterocycles. The van der Waals surface area contributed by atoms with Gasteiger partial charge in [0.25, 0.3) is 5.91 Å². The summed E-state index contributed by atoms with van der Waals surface area (Å²) >= 11 is 0. The number of hydrogen-bond donors (Lipinski definition) is 1. The van der Waals surface area contributed by atoms with Gasteiger partial charge in [0.15, 0.2) is 0 Å². The van der Waals surface area contributed by atoms with E-state index in [1.54, 1.807) is 6.07 Å². The summed E-state index contributed by atoms with van der Waals surface area (Å²) < 4.78 is 32.7. The van der Waals surface area contributed by atoms with Gasteiger partial charge in [-0.1, -0.05) is 6.42 Å². The Morgan fingerprint density at radius 3 is 2.64 bits per heavy atom. The van der Waals surface area contributed by atoms with Crippen LogP contribution in [0.3, 0.4) is 0 Å². The Bertz CT molecular complexity index is 856. The molecular formula is C22H24F2N2O2. The summed E-state index contributed by atoms with van der Waals surface area (Å²) in [5, 5.41) is 0. The number of amides is 1. The largest absolute Gasteiger partial charge is 0.489 e. The number of carbonyl (C=O) groups excluding carboxylic acids is 1. The summed E-state index contributed by atoms with van der Waals surface area (Å²) in [7, 11) is 0. The molecule has 1 heterocycles. The number of likely N-dealkylation sites (tertiary alicyclic amines) is 1. The zero-order valence-electron chi connectivity index (χ0n) is 15.6. The van der Waals surface area contributed by atoms with E-state index in [2.05, 4.69) is 0 Å². The van der Waals surface area contributed by atoms with Crippen molar-refractivity contribution >= 4 is 5.91 Å². The lowest BCUT2D eigenvalue weighted by Crippen LogP contribution is -2.38. The first kappa shape index (κ1) is 18.9. The van der Waals surface area contributed by atoms with Crippen LogP contribution < -0.4 is 10.5 Å². The maximum Gasteiger partial charge on any atom is 0.253 e. The third-order valence-electron chi connectivity index (χ3n) is 5.94. The Balaban J connectivity index is 1.45. The summed E-state index contributed by atoms with van der Waals surface area (Å²) in [5.74, 6) is 0.376. The first-order valence-electron chi connectivity index (χ1n) is 9.73. The van der Waals surface area contributed by atoms with Crippen LogP contribution in [-0.2, 0) is 6.61 Å². The second-order valence-corrected chi connectivity index (χ2v) is 7.78. The van der Waals surface area contributed by atoms with E-state index in [1.165, 1.54) is 36.4 Å². The fourth-order valence-electron chi connectivity index (χ4n) is 4.38. The van der Waals surface area contributed by atoms with Crippen LogP contribution in [0.4, 0.5) is 8.78 Å². The molecule has 6 heteroatoms. The SMILES string of the molecule is NC1CCCC2CN(C(=O)c3ccc(F)c(COc4ccc(F)cc4)c3)CC12. The predicted molar refractivity (Wildman–Crippen MR) is 102 cm³/mol. The molecule has 2 aliphatic rings. The molecule has 2 aromatic rings. The first-order chi connectivity index (χ1) is 13.5. The number of benzene rings is 2. The van der Waals surface area contributed by atoms with Gasteiger partial charge in [-0.2, -0.15) is 0 Å². The van der Waals surface area contributed by atoms with E-state index in [0.717, 1.165) is 25.8 Å². The van der Waals surface area contributed by atoms with Crippen LogP contribution in [0.15, 0.2) is 42.5 Å². The Kier molecular flexibility index (Phi) is 5.31. The molecule has 1 amide bonds. The van der Waals surface area contributed by atoms with Gasteiger partial charge < -0.3 is 15.4 Å². The van der Waals surface area contributed by atoms with Crippen LogP contribution in [0.5, 0.6) is 5.75 Å². The number of nitrogens with zero attached hydrogens (tertiary/aromatic N) is 1. The fraction of sp³-hybridized carbons (Fsp3) is 0.409. The summed E-state index contributed by atoms with van der Waals surface area (Å²) in [6, 6.07) is 10.0.